The van der Waals surface area contributed by atoms with E-state index in [1.807, 2.05) is 25.1 Å². The standard InChI is InChI=1S/C15H18N2O2S/c1-11(16)14-17-13(10-20-14)15(18)19-9-5-8-12-6-3-2-4-7-12/h2-4,6-7,10-11H,5,8-9,16H2,1H3. The van der Waals surface area contributed by atoms with Crippen molar-refractivity contribution in [2.24, 2.45) is 5.73 Å². The van der Waals surface area contributed by atoms with Crippen LogP contribution in [0.5, 0.6) is 0 Å². The predicted molar refractivity (Wildman–Crippen MR) is 79.8 cm³/mol. The number of carbonyl (C=O) groups is 1. The van der Waals surface area contributed by atoms with E-state index in [-0.39, 0.29) is 12.0 Å². The van der Waals surface area contributed by atoms with Crippen LogP contribution in [-0.2, 0) is 11.2 Å². The van der Waals surface area contributed by atoms with E-state index >= 15 is 0 Å². The lowest BCUT2D eigenvalue weighted by Crippen LogP contribution is -2.09. The third kappa shape index (κ3) is 4.15. The van der Waals surface area contributed by atoms with Crippen LogP contribution in [0.1, 0.15) is 40.4 Å². The fraction of sp³-hybridized carbons (Fsp3) is 0.333. The third-order valence-corrected chi connectivity index (χ3v) is 3.85. The van der Waals surface area contributed by atoms with E-state index in [0.29, 0.717) is 12.3 Å². The molecule has 0 aliphatic carbocycles. The molecule has 1 unspecified atom stereocenters. The molecule has 0 amide bonds. The van der Waals surface area contributed by atoms with E-state index in [4.69, 9.17) is 10.5 Å². The van der Waals surface area contributed by atoms with E-state index in [0.717, 1.165) is 17.8 Å². The molecule has 2 aromatic rings. The number of hydrogen-bond acceptors (Lipinski definition) is 5. The van der Waals surface area contributed by atoms with E-state index < -0.39 is 0 Å². The minimum atomic E-state index is -0.374. The number of aryl methyl sites for hydroxylation is 1. The molecule has 2 N–H and O–H groups in total. The molecule has 1 atom stereocenters. The van der Waals surface area contributed by atoms with Gasteiger partial charge in [0.1, 0.15) is 5.01 Å². The quantitative estimate of drug-likeness (QED) is 0.656. The number of thiazole rings is 1. The lowest BCUT2D eigenvalue weighted by Gasteiger charge is -2.03. The zero-order chi connectivity index (χ0) is 14.4. The lowest BCUT2D eigenvalue weighted by atomic mass is 10.1. The van der Waals surface area contributed by atoms with E-state index in [1.165, 1.54) is 16.9 Å². The molecular weight excluding hydrogens is 272 g/mol. The number of benzene rings is 1. The second-order valence-corrected chi connectivity index (χ2v) is 5.47. The fourth-order valence-electron chi connectivity index (χ4n) is 1.75. The summed E-state index contributed by atoms with van der Waals surface area (Å²) in [5, 5.41) is 2.44. The molecule has 20 heavy (non-hydrogen) atoms. The highest BCUT2D eigenvalue weighted by atomic mass is 32.1. The minimum absolute atomic E-state index is 0.153. The summed E-state index contributed by atoms with van der Waals surface area (Å²) in [4.78, 5) is 15.9. The Bertz CT molecular complexity index is 552. The molecule has 5 heteroatoms. The first-order valence-electron chi connectivity index (χ1n) is 6.59. The van der Waals surface area contributed by atoms with Gasteiger partial charge in [-0.15, -0.1) is 11.3 Å². The zero-order valence-corrected chi connectivity index (χ0v) is 12.2. The molecule has 1 aromatic heterocycles. The van der Waals surface area contributed by atoms with Gasteiger partial charge in [-0.05, 0) is 25.3 Å². The Morgan fingerprint density at radius 1 is 1.40 bits per heavy atom. The molecule has 0 spiro atoms. The summed E-state index contributed by atoms with van der Waals surface area (Å²) in [5.41, 5.74) is 7.30. The number of ether oxygens (including phenoxy) is 1. The SMILES string of the molecule is CC(N)c1nc(C(=O)OCCCc2ccccc2)cs1. The van der Waals surface area contributed by atoms with Crippen molar-refractivity contribution in [1.29, 1.82) is 0 Å². The van der Waals surface area contributed by atoms with Crippen molar-refractivity contribution >= 4 is 17.3 Å². The van der Waals surface area contributed by atoms with Gasteiger partial charge in [0.15, 0.2) is 5.69 Å². The highest BCUT2D eigenvalue weighted by Crippen LogP contribution is 2.16. The Hall–Kier alpha value is -1.72. The molecule has 0 radical (unpaired) electrons. The molecule has 0 fully saturated rings. The van der Waals surface area contributed by atoms with E-state index in [9.17, 15) is 4.79 Å². The molecule has 0 bridgehead atoms. The first-order chi connectivity index (χ1) is 9.66. The van der Waals surface area contributed by atoms with Crippen molar-refractivity contribution in [2.45, 2.75) is 25.8 Å². The number of nitrogens with zero attached hydrogens (tertiary/aromatic N) is 1. The van der Waals surface area contributed by atoms with Crippen LogP contribution < -0.4 is 5.73 Å². The summed E-state index contributed by atoms with van der Waals surface area (Å²) < 4.78 is 5.21. The predicted octanol–water partition coefficient (Wildman–Crippen LogP) is 2.95. The van der Waals surface area contributed by atoms with Crippen molar-refractivity contribution in [3.63, 3.8) is 0 Å². The molecular formula is C15H18N2O2S. The monoisotopic (exact) mass is 290 g/mol. The summed E-state index contributed by atoms with van der Waals surface area (Å²) in [6, 6.07) is 9.98. The zero-order valence-electron chi connectivity index (χ0n) is 11.4. The van der Waals surface area contributed by atoms with Crippen LogP contribution in [0.2, 0.25) is 0 Å². The maximum absolute atomic E-state index is 11.8. The number of esters is 1. The van der Waals surface area contributed by atoms with E-state index in [1.54, 1.807) is 5.38 Å². The van der Waals surface area contributed by atoms with Crippen LogP contribution >= 0.6 is 11.3 Å². The van der Waals surface area contributed by atoms with Gasteiger partial charge in [-0.3, -0.25) is 0 Å². The number of carbonyl (C=O) groups excluding carboxylic acids is 1. The van der Waals surface area contributed by atoms with Gasteiger partial charge < -0.3 is 10.5 Å². The van der Waals surface area contributed by atoms with Crippen LogP contribution in [0.15, 0.2) is 35.7 Å². The van der Waals surface area contributed by atoms with Gasteiger partial charge in [0.05, 0.1) is 12.6 Å². The van der Waals surface area contributed by atoms with Crippen LogP contribution in [0.25, 0.3) is 0 Å². The Labute approximate surface area is 122 Å². The first kappa shape index (κ1) is 14.7. The van der Waals surface area contributed by atoms with Gasteiger partial charge in [0, 0.05) is 5.38 Å². The summed E-state index contributed by atoms with van der Waals surface area (Å²) >= 11 is 1.39. The molecule has 1 heterocycles. The largest absolute Gasteiger partial charge is 0.461 e. The van der Waals surface area contributed by atoms with Crippen molar-refractivity contribution in [2.75, 3.05) is 6.61 Å². The minimum Gasteiger partial charge on any atom is -0.461 e. The summed E-state index contributed by atoms with van der Waals surface area (Å²) in [6.45, 7) is 2.24. The summed E-state index contributed by atoms with van der Waals surface area (Å²) in [6.07, 6.45) is 1.70. The highest BCUT2D eigenvalue weighted by Gasteiger charge is 2.13. The Morgan fingerprint density at radius 2 is 2.15 bits per heavy atom. The number of nitrogens with two attached hydrogens (primary N) is 1. The highest BCUT2D eigenvalue weighted by molar-refractivity contribution is 7.09. The summed E-state index contributed by atoms with van der Waals surface area (Å²) in [5.74, 6) is -0.374. The van der Waals surface area contributed by atoms with Crippen LogP contribution in [0.4, 0.5) is 0 Å². The first-order valence-corrected chi connectivity index (χ1v) is 7.47. The second kappa shape index (κ2) is 7.17. The number of rotatable bonds is 6. The van der Waals surface area contributed by atoms with Crippen molar-refractivity contribution in [3.05, 3.63) is 52.0 Å². The second-order valence-electron chi connectivity index (χ2n) is 4.58. The lowest BCUT2D eigenvalue weighted by molar-refractivity contribution is 0.0494. The Kier molecular flexibility index (Phi) is 5.26. The van der Waals surface area contributed by atoms with Crippen molar-refractivity contribution in [1.82, 2.24) is 4.98 Å². The normalized spacial score (nSPS) is 12.1. The molecule has 106 valence electrons. The average Bonchev–Trinajstić information content (AvgIpc) is 2.94. The van der Waals surface area contributed by atoms with Crippen LogP contribution in [0, 0.1) is 0 Å². The molecule has 0 aliphatic heterocycles. The molecule has 1 aromatic carbocycles. The average molecular weight is 290 g/mol. The molecule has 2 rings (SSSR count). The number of aromatic nitrogens is 1. The third-order valence-electron chi connectivity index (χ3n) is 2.81. The van der Waals surface area contributed by atoms with E-state index in [2.05, 4.69) is 17.1 Å². The van der Waals surface area contributed by atoms with Crippen molar-refractivity contribution < 1.29 is 9.53 Å². The molecule has 0 saturated heterocycles. The van der Waals surface area contributed by atoms with Gasteiger partial charge in [0.2, 0.25) is 0 Å². The fourth-order valence-corrected chi connectivity index (χ4v) is 2.50. The van der Waals surface area contributed by atoms with Gasteiger partial charge in [0.25, 0.3) is 0 Å². The number of hydrogen-bond donors (Lipinski definition) is 1. The van der Waals surface area contributed by atoms with Crippen LogP contribution in [-0.4, -0.2) is 17.6 Å². The van der Waals surface area contributed by atoms with Gasteiger partial charge in [-0.2, -0.15) is 0 Å². The Morgan fingerprint density at radius 3 is 2.80 bits per heavy atom. The maximum atomic E-state index is 11.8. The van der Waals surface area contributed by atoms with Gasteiger partial charge in [-0.1, -0.05) is 30.3 Å². The topological polar surface area (TPSA) is 65.2 Å². The van der Waals surface area contributed by atoms with Crippen molar-refractivity contribution in [3.8, 4) is 0 Å². The smallest absolute Gasteiger partial charge is 0.357 e. The molecule has 0 saturated carbocycles. The van der Waals surface area contributed by atoms with Crippen LogP contribution in [0.3, 0.4) is 0 Å². The van der Waals surface area contributed by atoms with Gasteiger partial charge >= 0.3 is 5.97 Å². The maximum Gasteiger partial charge on any atom is 0.357 e. The Balaban J connectivity index is 1.75. The van der Waals surface area contributed by atoms with Gasteiger partial charge in [-0.25, -0.2) is 9.78 Å². The molecule has 0 aliphatic rings. The molecule has 4 nitrogen and oxygen atoms in total. The summed E-state index contributed by atoms with van der Waals surface area (Å²) in [7, 11) is 0.